The molecular formula is C23H20N6O3. The summed E-state index contributed by atoms with van der Waals surface area (Å²) < 4.78 is 7.52. The largest absolute Gasteiger partial charge is 0.489 e. The third kappa shape index (κ3) is 4.13. The Kier molecular flexibility index (Phi) is 4.98. The van der Waals surface area contributed by atoms with Gasteiger partial charge in [-0.25, -0.2) is 4.52 Å². The monoisotopic (exact) mass is 428 g/mol. The third-order valence-corrected chi connectivity index (χ3v) is 5.18. The Morgan fingerprint density at radius 3 is 2.59 bits per heavy atom. The van der Waals surface area contributed by atoms with E-state index in [1.54, 1.807) is 22.8 Å². The van der Waals surface area contributed by atoms with E-state index in [1.165, 1.54) is 0 Å². The van der Waals surface area contributed by atoms with Crippen LogP contribution in [0.3, 0.4) is 0 Å². The Balaban J connectivity index is 1.30. The lowest BCUT2D eigenvalue weighted by Gasteiger charge is -2.08. The normalized spacial score (nSPS) is 13.1. The zero-order valence-corrected chi connectivity index (χ0v) is 17.1. The van der Waals surface area contributed by atoms with Crippen LogP contribution in [0.4, 0.5) is 5.95 Å². The first-order valence-electron chi connectivity index (χ1n) is 10.2. The van der Waals surface area contributed by atoms with Gasteiger partial charge in [-0.1, -0.05) is 12.1 Å². The van der Waals surface area contributed by atoms with Crippen molar-refractivity contribution >= 4 is 23.4 Å². The average molecular weight is 428 g/mol. The minimum atomic E-state index is -0.562. The van der Waals surface area contributed by atoms with Crippen LogP contribution < -0.4 is 15.8 Å². The Morgan fingerprint density at radius 2 is 1.91 bits per heavy atom. The summed E-state index contributed by atoms with van der Waals surface area (Å²) in [5.41, 5.74) is 8.68. The predicted molar refractivity (Wildman–Crippen MR) is 117 cm³/mol. The van der Waals surface area contributed by atoms with E-state index in [0.717, 1.165) is 29.7 Å². The molecule has 0 bridgehead atoms. The fraction of sp³-hybridized carbons (Fsp3) is 0.174. The smallest absolute Gasteiger partial charge is 0.267 e. The van der Waals surface area contributed by atoms with Gasteiger partial charge < -0.3 is 10.5 Å². The Labute approximate surface area is 183 Å². The number of hydrogen-bond donors (Lipinski definition) is 2. The average Bonchev–Trinajstić information content (AvgIpc) is 3.58. The van der Waals surface area contributed by atoms with Gasteiger partial charge in [-0.05, 0) is 55.3 Å². The number of aromatic nitrogens is 4. The highest BCUT2D eigenvalue weighted by molar-refractivity contribution is 5.92. The highest BCUT2D eigenvalue weighted by atomic mass is 16.5. The standard InChI is InChI=1S/C23H20N6O3/c24-21(30)18-11-4-14(12-25-18)13-32-17-9-7-15(8-10-17)19-2-1-3-20-26-23(28-29(19)20)27-22(31)16-5-6-16/h1-4,7-12,16H,5-6,13H2,(H2,24,30)(H,27,28,31). The molecule has 1 aliphatic carbocycles. The molecule has 0 aliphatic heterocycles. The summed E-state index contributed by atoms with van der Waals surface area (Å²) in [4.78, 5) is 31.5. The highest BCUT2D eigenvalue weighted by Crippen LogP contribution is 2.30. The molecule has 9 nitrogen and oxygen atoms in total. The SMILES string of the molecule is NC(=O)c1ccc(COc2ccc(-c3cccc4nc(NC(=O)C5CC5)nn34)cc2)cn1. The van der Waals surface area contributed by atoms with E-state index in [0.29, 0.717) is 24.0 Å². The molecule has 0 saturated heterocycles. The molecule has 0 atom stereocenters. The number of ether oxygens (including phenoxy) is 1. The topological polar surface area (TPSA) is 124 Å². The summed E-state index contributed by atoms with van der Waals surface area (Å²) in [5.74, 6) is 0.503. The molecule has 5 rings (SSSR count). The number of hydrogen-bond acceptors (Lipinski definition) is 6. The molecule has 0 radical (unpaired) electrons. The second-order valence-corrected chi connectivity index (χ2v) is 7.61. The van der Waals surface area contributed by atoms with Gasteiger partial charge in [0, 0.05) is 23.2 Å². The molecule has 32 heavy (non-hydrogen) atoms. The van der Waals surface area contributed by atoms with E-state index in [1.807, 2.05) is 42.5 Å². The van der Waals surface area contributed by atoms with Crippen molar-refractivity contribution in [2.45, 2.75) is 19.4 Å². The number of fused-ring (bicyclic) bond motifs is 1. The lowest BCUT2D eigenvalue weighted by Crippen LogP contribution is -2.14. The van der Waals surface area contributed by atoms with E-state index < -0.39 is 5.91 Å². The van der Waals surface area contributed by atoms with E-state index in [9.17, 15) is 9.59 Å². The summed E-state index contributed by atoms with van der Waals surface area (Å²) >= 11 is 0. The van der Waals surface area contributed by atoms with Gasteiger partial charge in [0.1, 0.15) is 18.1 Å². The number of anilines is 1. The Hall–Kier alpha value is -4.27. The molecule has 3 heterocycles. The molecule has 0 spiro atoms. The first-order valence-corrected chi connectivity index (χ1v) is 10.2. The zero-order valence-electron chi connectivity index (χ0n) is 17.1. The maximum atomic E-state index is 12.0. The lowest BCUT2D eigenvalue weighted by molar-refractivity contribution is -0.117. The molecule has 1 aromatic carbocycles. The summed E-state index contributed by atoms with van der Waals surface area (Å²) in [6, 6.07) is 16.6. The lowest BCUT2D eigenvalue weighted by atomic mass is 10.1. The number of rotatable bonds is 7. The predicted octanol–water partition coefficient (Wildman–Crippen LogP) is 2.82. The van der Waals surface area contributed by atoms with Crippen molar-refractivity contribution in [3.8, 4) is 17.0 Å². The number of benzene rings is 1. The van der Waals surface area contributed by atoms with Gasteiger partial charge in [0.15, 0.2) is 5.65 Å². The highest BCUT2D eigenvalue weighted by Gasteiger charge is 2.30. The quantitative estimate of drug-likeness (QED) is 0.466. The molecule has 3 aromatic heterocycles. The molecule has 2 amide bonds. The number of nitrogens with two attached hydrogens (primary N) is 1. The van der Waals surface area contributed by atoms with Gasteiger partial charge in [-0.15, -0.1) is 5.10 Å². The second kappa shape index (κ2) is 8.10. The van der Waals surface area contributed by atoms with Gasteiger partial charge >= 0.3 is 0 Å². The molecule has 0 unspecified atom stereocenters. The van der Waals surface area contributed by atoms with Gasteiger partial charge in [0.25, 0.3) is 5.91 Å². The van der Waals surface area contributed by atoms with Crippen molar-refractivity contribution in [2.75, 3.05) is 5.32 Å². The number of amides is 2. The van der Waals surface area contributed by atoms with Crippen LogP contribution in [0.2, 0.25) is 0 Å². The summed E-state index contributed by atoms with van der Waals surface area (Å²) in [6.45, 7) is 0.314. The van der Waals surface area contributed by atoms with Gasteiger partial charge in [0.2, 0.25) is 11.9 Å². The number of nitrogens with one attached hydrogen (secondary N) is 1. The second-order valence-electron chi connectivity index (χ2n) is 7.61. The number of primary amides is 1. The van der Waals surface area contributed by atoms with Crippen molar-refractivity contribution in [1.29, 1.82) is 0 Å². The van der Waals surface area contributed by atoms with Crippen LogP contribution in [-0.2, 0) is 11.4 Å². The third-order valence-electron chi connectivity index (χ3n) is 5.18. The van der Waals surface area contributed by atoms with E-state index in [2.05, 4.69) is 20.4 Å². The fourth-order valence-electron chi connectivity index (χ4n) is 3.28. The van der Waals surface area contributed by atoms with E-state index in [-0.39, 0.29) is 17.5 Å². The first-order chi connectivity index (χ1) is 15.6. The van der Waals surface area contributed by atoms with Crippen LogP contribution in [0.5, 0.6) is 5.75 Å². The van der Waals surface area contributed by atoms with Crippen LogP contribution in [0.1, 0.15) is 28.9 Å². The van der Waals surface area contributed by atoms with Gasteiger partial charge in [-0.2, -0.15) is 4.98 Å². The summed E-state index contributed by atoms with van der Waals surface area (Å²) in [7, 11) is 0. The van der Waals surface area contributed by atoms with Crippen LogP contribution in [0, 0.1) is 5.92 Å². The van der Waals surface area contributed by atoms with Gasteiger partial charge in [-0.3, -0.25) is 19.9 Å². The Morgan fingerprint density at radius 1 is 1.09 bits per heavy atom. The van der Waals surface area contributed by atoms with Crippen molar-refractivity contribution in [1.82, 2.24) is 19.6 Å². The van der Waals surface area contributed by atoms with E-state index in [4.69, 9.17) is 10.5 Å². The van der Waals surface area contributed by atoms with Crippen molar-refractivity contribution in [3.63, 3.8) is 0 Å². The molecule has 4 aromatic rings. The molecular weight excluding hydrogens is 408 g/mol. The van der Waals surface area contributed by atoms with Crippen LogP contribution in [0.25, 0.3) is 16.9 Å². The first kappa shape index (κ1) is 19.7. The minimum Gasteiger partial charge on any atom is -0.489 e. The maximum Gasteiger partial charge on any atom is 0.267 e. The fourth-order valence-corrected chi connectivity index (χ4v) is 3.28. The molecule has 1 aliphatic rings. The van der Waals surface area contributed by atoms with Crippen molar-refractivity contribution in [3.05, 3.63) is 72.1 Å². The number of carbonyl (C=O) groups excluding carboxylic acids is 2. The number of nitrogens with zero attached hydrogens (tertiary/aromatic N) is 4. The summed E-state index contributed by atoms with van der Waals surface area (Å²) in [6.07, 6.45) is 3.42. The number of carbonyl (C=O) groups is 2. The van der Waals surface area contributed by atoms with Crippen LogP contribution in [0.15, 0.2) is 60.8 Å². The minimum absolute atomic E-state index is 0.0246. The number of pyridine rings is 2. The zero-order chi connectivity index (χ0) is 22.1. The molecule has 160 valence electrons. The molecule has 9 heteroatoms. The molecule has 3 N–H and O–H groups in total. The van der Waals surface area contributed by atoms with Gasteiger partial charge in [0.05, 0.1) is 5.69 Å². The van der Waals surface area contributed by atoms with Crippen LogP contribution in [-0.4, -0.2) is 31.4 Å². The maximum absolute atomic E-state index is 12.0. The van der Waals surface area contributed by atoms with Crippen LogP contribution >= 0.6 is 0 Å². The van der Waals surface area contributed by atoms with Crippen molar-refractivity contribution < 1.29 is 14.3 Å². The molecule has 1 fully saturated rings. The summed E-state index contributed by atoms with van der Waals surface area (Å²) in [5, 5.41) is 7.25. The molecule has 1 saturated carbocycles. The van der Waals surface area contributed by atoms with E-state index >= 15 is 0 Å². The van der Waals surface area contributed by atoms with Crippen molar-refractivity contribution in [2.24, 2.45) is 11.7 Å². The Bertz CT molecular complexity index is 1290.